The van der Waals surface area contributed by atoms with Gasteiger partial charge < -0.3 is 15.2 Å². The van der Waals surface area contributed by atoms with Gasteiger partial charge in [-0.1, -0.05) is 23.4 Å². The lowest BCUT2D eigenvalue weighted by Crippen LogP contribution is -2.26. The maximum Gasteiger partial charge on any atom is 0.253 e. The summed E-state index contributed by atoms with van der Waals surface area (Å²) in [5, 5.41) is 12.0. The Morgan fingerprint density at radius 2 is 2.32 bits per heavy atom. The van der Waals surface area contributed by atoms with Gasteiger partial charge >= 0.3 is 0 Å². The molecule has 0 aliphatic heterocycles. The molecule has 4 nitrogen and oxygen atoms in total. The third-order valence-corrected chi connectivity index (χ3v) is 2.66. The van der Waals surface area contributed by atoms with E-state index >= 15 is 0 Å². The highest BCUT2D eigenvalue weighted by molar-refractivity contribution is 6.30. The average molecular weight is 282 g/mol. The lowest BCUT2D eigenvalue weighted by molar-refractivity contribution is -0.124. The monoisotopic (exact) mass is 281 g/mol. The van der Waals surface area contributed by atoms with E-state index in [-0.39, 0.29) is 12.5 Å². The van der Waals surface area contributed by atoms with Crippen LogP contribution >= 0.6 is 11.6 Å². The number of carbonyl (C=O) groups excluding carboxylic acids is 1. The number of nitrogens with one attached hydrogen (secondary N) is 1. The van der Waals surface area contributed by atoms with Crippen molar-refractivity contribution in [1.82, 2.24) is 0 Å². The summed E-state index contributed by atoms with van der Waals surface area (Å²) in [6, 6.07) is 5.02. The summed E-state index contributed by atoms with van der Waals surface area (Å²) in [5.41, 5.74) is 1.18. The summed E-state index contributed by atoms with van der Waals surface area (Å²) in [5.74, 6) is 5.41. The van der Waals surface area contributed by atoms with Crippen LogP contribution in [0.4, 0.5) is 5.69 Å². The average Bonchev–Trinajstić information content (AvgIpc) is 2.40. The summed E-state index contributed by atoms with van der Waals surface area (Å²) in [6.07, 6.45) is -0.178. The normalized spacial score (nSPS) is 11.4. The molecule has 1 rings (SSSR count). The van der Waals surface area contributed by atoms with Gasteiger partial charge in [0.05, 0.1) is 12.3 Å². The third-order valence-electron chi connectivity index (χ3n) is 2.42. The zero-order chi connectivity index (χ0) is 14.3. The molecule has 0 bridgehead atoms. The SMILES string of the molecule is COC(C)C(=O)Nc1ccc(Cl)cc1C#CCCO. The topological polar surface area (TPSA) is 58.6 Å². The maximum atomic E-state index is 11.8. The number of halogens is 1. The first-order chi connectivity index (χ1) is 9.08. The number of aliphatic hydroxyl groups is 1. The van der Waals surface area contributed by atoms with Crippen LogP contribution in [-0.2, 0) is 9.53 Å². The summed E-state index contributed by atoms with van der Waals surface area (Å²) in [6.45, 7) is 1.65. The van der Waals surface area contributed by atoms with E-state index in [9.17, 15) is 4.79 Å². The van der Waals surface area contributed by atoms with Gasteiger partial charge in [-0.3, -0.25) is 4.79 Å². The number of carbonyl (C=O) groups is 1. The van der Waals surface area contributed by atoms with Gasteiger partial charge in [-0.15, -0.1) is 0 Å². The largest absolute Gasteiger partial charge is 0.395 e. The van der Waals surface area contributed by atoms with Crippen LogP contribution in [0.5, 0.6) is 0 Å². The van der Waals surface area contributed by atoms with Crippen molar-refractivity contribution in [1.29, 1.82) is 0 Å². The molecule has 0 aliphatic rings. The zero-order valence-corrected chi connectivity index (χ0v) is 11.6. The molecule has 0 heterocycles. The van der Waals surface area contributed by atoms with E-state index < -0.39 is 6.10 Å². The molecule has 0 radical (unpaired) electrons. The molecule has 0 aliphatic carbocycles. The Kier molecular flexibility index (Phi) is 6.37. The highest BCUT2D eigenvalue weighted by atomic mass is 35.5. The molecule has 1 aromatic rings. The fraction of sp³-hybridized carbons (Fsp3) is 0.357. The molecular weight excluding hydrogens is 266 g/mol. The van der Waals surface area contributed by atoms with Crippen LogP contribution in [0, 0.1) is 11.8 Å². The van der Waals surface area contributed by atoms with Crippen molar-refractivity contribution >= 4 is 23.2 Å². The number of benzene rings is 1. The van der Waals surface area contributed by atoms with E-state index in [0.717, 1.165) is 0 Å². The van der Waals surface area contributed by atoms with Gasteiger partial charge in [0.15, 0.2) is 0 Å². The highest BCUT2D eigenvalue weighted by Gasteiger charge is 2.13. The second-order valence-electron chi connectivity index (χ2n) is 3.83. The quantitative estimate of drug-likeness (QED) is 0.831. The smallest absolute Gasteiger partial charge is 0.253 e. The lowest BCUT2D eigenvalue weighted by atomic mass is 10.1. The second-order valence-corrected chi connectivity index (χ2v) is 4.27. The third kappa shape index (κ3) is 4.92. The fourth-order valence-electron chi connectivity index (χ4n) is 1.28. The first kappa shape index (κ1) is 15.5. The molecule has 102 valence electrons. The van der Waals surface area contributed by atoms with Crippen molar-refractivity contribution in [2.24, 2.45) is 0 Å². The van der Waals surface area contributed by atoms with E-state index in [1.165, 1.54) is 7.11 Å². The van der Waals surface area contributed by atoms with E-state index in [4.69, 9.17) is 21.4 Å². The summed E-state index contributed by atoms with van der Waals surface area (Å²) >= 11 is 5.90. The first-order valence-corrected chi connectivity index (χ1v) is 6.19. The Labute approximate surface area is 117 Å². The number of amides is 1. The second kappa shape index (κ2) is 7.80. The standard InChI is InChI=1S/C14H16ClNO3/c1-10(19-2)14(18)16-13-7-6-12(15)9-11(13)5-3-4-8-17/h6-7,9-10,17H,4,8H2,1-2H3,(H,16,18). The minimum absolute atomic E-state index is 0.00400. The summed E-state index contributed by atoms with van der Waals surface area (Å²) in [7, 11) is 1.47. The Hall–Kier alpha value is -1.54. The van der Waals surface area contributed by atoms with E-state index in [2.05, 4.69) is 17.2 Å². The molecule has 1 aromatic carbocycles. The van der Waals surface area contributed by atoms with Gasteiger partial charge in [-0.05, 0) is 25.1 Å². The number of anilines is 1. The van der Waals surface area contributed by atoms with Crippen LogP contribution in [0.2, 0.25) is 5.02 Å². The van der Waals surface area contributed by atoms with Gasteiger partial charge in [0.1, 0.15) is 6.10 Å². The Balaban J connectivity index is 2.94. The molecule has 0 aromatic heterocycles. The first-order valence-electron chi connectivity index (χ1n) is 5.81. The molecule has 19 heavy (non-hydrogen) atoms. The molecule has 0 fully saturated rings. The maximum absolute atomic E-state index is 11.8. The van der Waals surface area contributed by atoms with Gasteiger partial charge in [0, 0.05) is 24.1 Å². The van der Waals surface area contributed by atoms with E-state index in [1.807, 2.05) is 0 Å². The van der Waals surface area contributed by atoms with Crippen molar-refractivity contribution < 1.29 is 14.6 Å². The number of rotatable bonds is 4. The number of hydrogen-bond acceptors (Lipinski definition) is 3. The lowest BCUT2D eigenvalue weighted by Gasteiger charge is -2.12. The molecule has 0 saturated heterocycles. The van der Waals surface area contributed by atoms with Crippen molar-refractivity contribution in [2.75, 3.05) is 19.0 Å². The summed E-state index contributed by atoms with van der Waals surface area (Å²) in [4.78, 5) is 11.8. The van der Waals surface area contributed by atoms with Crippen LogP contribution in [0.3, 0.4) is 0 Å². The van der Waals surface area contributed by atoms with Gasteiger partial charge in [0.25, 0.3) is 5.91 Å². The Morgan fingerprint density at radius 3 is 2.95 bits per heavy atom. The van der Waals surface area contributed by atoms with Crippen LogP contribution in [-0.4, -0.2) is 30.8 Å². The van der Waals surface area contributed by atoms with Crippen molar-refractivity contribution in [3.05, 3.63) is 28.8 Å². The molecule has 0 spiro atoms. The summed E-state index contributed by atoms with van der Waals surface area (Å²) < 4.78 is 4.94. The van der Waals surface area contributed by atoms with Gasteiger partial charge in [0.2, 0.25) is 0 Å². The van der Waals surface area contributed by atoms with Crippen LogP contribution in [0.15, 0.2) is 18.2 Å². The highest BCUT2D eigenvalue weighted by Crippen LogP contribution is 2.20. The van der Waals surface area contributed by atoms with Crippen LogP contribution in [0.25, 0.3) is 0 Å². The molecule has 5 heteroatoms. The number of methoxy groups -OCH3 is 1. The fourth-order valence-corrected chi connectivity index (χ4v) is 1.46. The van der Waals surface area contributed by atoms with Crippen molar-refractivity contribution in [3.63, 3.8) is 0 Å². The van der Waals surface area contributed by atoms with Crippen molar-refractivity contribution in [3.8, 4) is 11.8 Å². The molecule has 1 amide bonds. The number of hydrogen-bond donors (Lipinski definition) is 2. The number of ether oxygens (including phenoxy) is 1. The molecule has 1 atom stereocenters. The minimum Gasteiger partial charge on any atom is -0.395 e. The van der Waals surface area contributed by atoms with E-state index in [1.54, 1.807) is 25.1 Å². The predicted molar refractivity (Wildman–Crippen MR) is 75.1 cm³/mol. The number of aliphatic hydroxyl groups excluding tert-OH is 1. The zero-order valence-electron chi connectivity index (χ0n) is 10.9. The predicted octanol–water partition coefficient (Wildman–Crippen LogP) is 2.05. The molecule has 0 saturated carbocycles. The Morgan fingerprint density at radius 1 is 1.58 bits per heavy atom. The van der Waals surface area contributed by atoms with E-state index in [0.29, 0.717) is 22.7 Å². The van der Waals surface area contributed by atoms with Crippen molar-refractivity contribution in [2.45, 2.75) is 19.4 Å². The van der Waals surface area contributed by atoms with Gasteiger partial charge in [-0.2, -0.15) is 0 Å². The minimum atomic E-state index is -0.547. The van der Waals surface area contributed by atoms with Crippen LogP contribution < -0.4 is 5.32 Å². The van der Waals surface area contributed by atoms with Crippen LogP contribution in [0.1, 0.15) is 18.9 Å². The molecular formula is C14H16ClNO3. The Bertz CT molecular complexity index is 505. The van der Waals surface area contributed by atoms with Gasteiger partial charge in [-0.25, -0.2) is 0 Å². The molecule has 2 N–H and O–H groups in total. The molecule has 1 unspecified atom stereocenters.